The Bertz CT molecular complexity index is 190. The number of hydrogen-bond donors (Lipinski definition) is 2. The molecule has 88 valence electrons. The average Bonchev–Trinajstić information content (AvgIpc) is 3.04. The van der Waals surface area contributed by atoms with E-state index in [1.807, 2.05) is 0 Å². The van der Waals surface area contributed by atoms with Crippen LogP contribution >= 0.6 is 0 Å². The van der Waals surface area contributed by atoms with Crippen molar-refractivity contribution in [2.75, 3.05) is 6.54 Å². The first-order valence-corrected chi connectivity index (χ1v) is 6.26. The number of nitrogens with two attached hydrogens (primary N) is 1. The maximum absolute atomic E-state index is 11.4. The predicted octanol–water partition coefficient (Wildman–Crippen LogP) is 1.81. The molecular formula is C12H24N2O. The zero-order valence-electron chi connectivity index (χ0n) is 9.80. The molecule has 15 heavy (non-hydrogen) atoms. The molecule has 0 aliphatic heterocycles. The first-order chi connectivity index (χ1) is 7.24. The van der Waals surface area contributed by atoms with Gasteiger partial charge in [-0.3, -0.25) is 4.79 Å². The summed E-state index contributed by atoms with van der Waals surface area (Å²) in [5, 5.41) is 2.92. The lowest BCUT2D eigenvalue weighted by Gasteiger charge is -2.11. The fraction of sp³-hybridized carbons (Fsp3) is 0.917. The summed E-state index contributed by atoms with van der Waals surface area (Å²) in [7, 11) is 0. The van der Waals surface area contributed by atoms with Crippen molar-refractivity contribution in [1.82, 2.24) is 5.32 Å². The SMILES string of the molecule is CCCCCCC(=O)NCC(N)C1CC1. The van der Waals surface area contributed by atoms with E-state index in [2.05, 4.69) is 12.2 Å². The topological polar surface area (TPSA) is 55.1 Å². The van der Waals surface area contributed by atoms with Crippen LogP contribution in [0.15, 0.2) is 0 Å². The van der Waals surface area contributed by atoms with Crippen molar-refractivity contribution in [3.05, 3.63) is 0 Å². The highest BCUT2D eigenvalue weighted by molar-refractivity contribution is 5.75. The molecule has 3 heteroatoms. The maximum Gasteiger partial charge on any atom is 0.220 e. The summed E-state index contributed by atoms with van der Waals surface area (Å²) in [6.45, 7) is 2.84. The van der Waals surface area contributed by atoms with Crippen LogP contribution < -0.4 is 11.1 Å². The van der Waals surface area contributed by atoms with Crippen LogP contribution in [0.4, 0.5) is 0 Å². The van der Waals surface area contributed by atoms with Crippen molar-refractivity contribution in [3.8, 4) is 0 Å². The second-order valence-electron chi connectivity index (χ2n) is 4.62. The van der Waals surface area contributed by atoms with Gasteiger partial charge < -0.3 is 11.1 Å². The number of hydrogen-bond acceptors (Lipinski definition) is 2. The maximum atomic E-state index is 11.4. The van der Waals surface area contributed by atoms with Crippen molar-refractivity contribution in [2.45, 2.75) is 57.9 Å². The van der Waals surface area contributed by atoms with Crippen molar-refractivity contribution < 1.29 is 4.79 Å². The zero-order chi connectivity index (χ0) is 11.1. The smallest absolute Gasteiger partial charge is 0.220 e. The molecule has 1 fully saturated rings. The zero-order valence-corrected chi connectivity index (χ0v) is 9.80. The Hall–Kier alpha value is -0.570. The fourth-order valence-corrected chi connectivity index (χ4v) is 1.72. The minimum absolute atomic E-state index is 0.169. The van der Waals surface area contributed by atoms with Gasteiger partial charge in [-0.25, -0.2) is 0 Å². The minimum Gasteiger partial charge on any atom is -0.355 e. The van der Waals surface area contributed by atoms with Crippen LogP contribution in [-0.4, -0.2) is 18.5 Å². The molecule has 0 aromatic rings. The number of unbranched alkanes of at least 4 members (excludes halogenated alkanes) is 3. The number of carbonyl (C=O) groups excluding carboxylic acids is 1. The molecule has 0 bridgehead atoms. The van der Waals surface area contributed by atoms with Crippen LogP contribution in [0.3, 0.4) is 0 Å². The Morgan fingerprint density at radius 2 is 2.13 bits per heavy atom. The lowest BCUT2D eigenvalue weighted by Crippen LogP contribution is -2.38. The second-order valence-corrected chi connectivity index (χ2v) is 4.62. The van der Waals surface area contributed by atoms with Gasteiger partial charge in [0.1, 0.15) is 0 Å². The van der Waals surface area contributed by atoms with Gasteiger partial charge in [0, 0.05) is 19.0 Å². The van der Waals surface area contributed by atoms with E-state index in [0.717, 1.165) is 6.42 Å². The number of amides is 1. The third-order valence-electron chi connectivity index (χ3n) is 3.02. The molecule has 1 amide bonds. The van der Waals surface area contributed by atoms with Crippen LogP contribution in [0, 0.1) is 5.92 Å². The van der Waals surface area contributed by atoms with Gasteiger partial charge in [-0.05, 0) is 25.2 Å². The quantitative estimate of drug-likeness (QED) is 0.603. The number of carbonyl (C=O) groups is 1. The summed E-state index contributed by atoms with van der Waals surface area (Å²) >= 11 is 0. The lowest BCUT2D eigenvalue weighted by atomic mass is 10.1. The van der Waals surface area contributed by atoms with Crippen molar-refractivity contribution in [2.24, 2.45) is 11.7 Å². The van der Waals surface area contributed by atoms with Gasteiger partial charge in [-0.1, -0.05) is 26.2 Å². The summed E-state index contributed by atoms with van der Waals surface area (Å²) in [4.78, 5) is 11.4. The van der Waals surface area contributed by atoms with Gasteiger partial charge in [-0.15, -0.1) is 0 Å². The summed E-state index contributed by atoms with van der Waals surface area (Å²) in [6, 6.07) is 0.185. The molecular weight excluding hydrogens is 188 g/mol. The minimum atomic E-state index is 0.169. The molecule has 3 N–H and O–H groups in total. The van der Waals surface area contributed by atoms with Crippen molar-refractivity contribution in [3.63, 3.8) is 0 Å². The predicted molar refractivity (Wildman–Crippen MR) is 62.5 cm³/mol. The third-order valence-corrected chi connectivity index (χ3v) is 3.02. The summed E-state index contributed by atoms with van der Waals surface area (Å²) < 4.78 is 0. The molecule has 0 saturated heterocycles. The van der Waals surface area contributed by atoms with Crippen molar-refractivity contribution in [1.29, 1.82) is 0 Å². The van der Waals surface area contributed by atoms with E-state index in [-0.39, 0.29) is 11.9 Å². The molecule has 1 unspecified atom stereocenters. The van der Waals surface area contributed by atoms with Crippen LogP contribution in [-0.2, 0) is 4.79 Å². The molecule has 1 aliphatic rings. The normalized spacial score (nSPS) is 17.5. The molecule has 1 saturated carbocycles. The van der Waals surface area contributed by atoms with Gasteiger partial charge in [-0.2, -0.15) is 0 Å². The van der Waals surface area contributed by atoms with Crippen LogP contribution in [0.25, 0.3) is 0 Å². The monoisotopic (exact) mass is 212 g/mol. The molecule has 0 aromatic carbocycles. The average molecular weight is 212 g/mol. The second kappa shape index (κ2) is 6.83. The van der Waals surface area contributed by atoms with Gasteiger partial charge in [0.2, 0.25) is 5.91 Å². The van der Waals surface area contributed by atoms with E-state index in [1.165, 1.54) is 32.1 Å². The number of nitrogens with one attached hydrogen (secondary N) is 1. The van der Waals surface area contributed by atoms with Crippen LogP contribution in [0.1, 0.15) is 51.9 Å². The van der Waals surface area contributed by atoms with Gasteiger partial charge in [0.05, 0.1) is 0 Å². The highest BCUT2D eigenvalue weighted by Crippen LogP contribution is 2.31. The molecule has 0 spiro atoms. The third kappa shape index (κ3) is 5.78. The first kappa shape index (κ1) is 12.5. The fourth-order valence-electron chi connectivity index (χ4n) is 1.72. The van der Waals surface area contributed by atoms with Gasteiger partial charge in [0.25, 0.3) is 0 Å². The van der Waals surface area contributed by atoms with Crippen LogP contribution in [0.2, 0.25) is 0 Å². The Morgan fingerprint density at radius 3 is 2.73 bits per heavy atom. The van der Waals surface area contributed by atoms with Crippen LogP contribution in [0.5, 0.6) is 0 Å². The molecule has 1 atom stereocenters. The highest BCUT2D eigenvalue weighted by Gasteiger charge is 2.28. The standard InChI is InChI=1S/C12H24N2O/c1-2-3-4-5-6-12(15)14-9-11(13)10-7-8-10/h10-11H,2-9,13H2,1H3,(H,14,15). The summed E-state index contributed by atoms with van der Waals surface area (Å²) in [5.74, 6) is 0.840. The number of rotatable bonds is 8. The summed E-state index contributed by atoms with van der Waals surface area (Å²) in [6.07, 6.45) is 7.78. The first-order valence-electron chi connectivity index (χ1n) is 6.26. The Kier molecular flexibility index (Phi) is 5.69. The van der Waals surface area contributed by atoms with E-state index < -0.39 is 0 Å². The Labute approximate surface area is 92.8 Å². The highest BCUT2D eigenvalue weighted by atomic mass is 16.1. The van der Waals surface area contributed by atoms with Gasteiger partial charge in [0.15, 0.2) is 0 Å². The molecule has 3 nitrogen and oxygen atoms in total. The molecule has 1 rings (SSSR count). The van der Waals surface area contributed by atoms with E-state index in [4.69, 9.17) is 5.73 Å². The molecule has 1 aliphatic carbocycles. The van der Waals surface area contributed by atoms with E-state index in [1.54, 1.807) is 0 Å². The van der Waals surface area contributed by atoms with Gasteiger partial charge >= 0.3 is 0 Å². The largest absolute Gasteiger partial charge is 0.355 e. The molecule has 0 aromatic heterocycles. The summed E-state index contributed by atoms with van der Waals surface area (Å²) in [5.41, 5.74) is 5.89. The molecule has 0 heterocycles. The Morgan fingerprint density at radius 1 is 1.40 bits per heavy atom. The lowest BCUT2D eigenvalue weighted by molar-refractivity contribution is -0.121. The van der Waals surface area contributed by atoms with E-state index in [9.17, 15) is 4.79 Å². The van der Waals surface area contributed by atoms with Crippen molar-refractivity contribution >= 4 is 5.91 Å². The van der Waals surface area contributed by atoms with E-state index in [0.29, 0.717) is 18.9 Å². The van der Waals surface area contributed by atoms with E-state index >= 15 is 0 Å². The molecule has 0 radical (unpaired) electrons. The Balaban J connectivity index is 1.93.